The molecule has 0 radical (unpaired) electrons. The summed E-state index contributed by atoms with van der Waals surface area (Å²) in [5.41, 5.74) is 6.87. The summed E-state index contributed by atoms with van der Waals surface area (Å²) in [5, 5.41) is 9.08. The molecule has 0 aliphatic heterocycles. The first-order valence-electron chi connectivity index (χ1n) is 5.19. The lowest BCUT2D eigenvalue weighted by molar-refractivity contribution is -0.115. The number of hydrogen-bond acceptors (Lipinski definition) is 5. The molecule has 90 valence electrons. The van der Waals surface area contributed by atoms with E-state index in [1.165, 1.54) is 11.3 Å². The minimum absolute atomic E-state index is 0.119. The number of thiazole rings is 1. The summed E-state index contributed by atoms with van der Waals surface area (Å²) in [4.78, 5) is 15.7. The lowest BCUT2D eigenvalue weighted by Gasteiger charge is -1.99. The van der Waals surface area contributed by atoms with Gasteiger partial charge in [0.05, 0.1) is 24.0 Å². The number of aryl methyl sites for hydroxylation is 1. The number of nitrogens with two attached hydrogens (primary N) is 1. The van der Waals surface area contributed by atoms with Crippen molar-refractivity contribution in [3.8, 4) is 0 Å². The first-order valence-corrected chi connectivity index (χ1v) is 6.07. The van der Waals surface area contributed by atoms with Crippen molar-refractivity contribution in [3.05, 3.63) is 23.5 Å². The van der Waals surface area contributed by atoms with Crippen LogP contribution < -0.4 is 11.1 Å². The van der Waals surface area contributed by atoms with Crippen LogP contribution in [0, 0.1) is 0 Å². The fourth-order valence-corrected chi connectivity index (χ4v) is 1.94. The van der Waals surface area contributed by atoms with Gasteiger partial charge in [0.1, 0.15) is 0 Å². The zero-order valence-corrected chi connectivity index (χ0v) is 10.2. The zero-order chi connectivity index (χ0) is 12.3. The molecule has 2 aromatic heterocycles. The second-order valence-electron chi connectivity index (χ2n) is 3.49. The molecule has 0 spiro atoms. The molecule has 17 heavy (non-hydrogen) atoms. The zero-order valence-electron chi connectivity index (χ0n) is 9.38. The topological polar surface area (TPSA) is 85.8 Å². The summed E-state index contributed by atoms with van der Waals surface area (Å²) < 4.78 is 1.75. The Hall–Kier alpha value is -1.89. The maximum Gasteiger partial charge on any atom is 0.230 e. The Labute approximate surface area is 102 Å². The van der Waals surface area contributed by atoms with Crippen LogP contribution in [0.1, 0.15) is 12.6 Å². The third kappa shape index (κ3) is 3.04. The van der Waals surface area contributed by atoms with E-state index in [0.29, 0.717) is 16.5 Å². The van der Waals surface area contributed by atoms with Crippen molar-refractivity contribution in [1.29, 1.82) is 0 Å². The Morgan fingerprint density at radius 1 is 1.65 bits per heavy atom. The largest absolute Gasteiger partial charge is 0.375 e. The van der Waals surface area contributed by atoms with Gasteiger partial charge in [-0.2, -0.15) is 5.10 Å². The van der Waals surface area contributed by atoms with Gasteiger partial charge in [-0.1, -0.05) is 0 Å². The highest BCUT2D eigenvalue weighted by atomic mass is 32.1. The van der Waals surface area contributed by atoms with Gasteiger partial charge in [-0.15, -0.1) is 11.3 Å². The number of amides is 1. The third-order valence-corrected chi connectivity index (χ3v) is 2.87. The number of nitrogen functional groups attached to an aromatic ring is 1. The molecule has 0 fully saturated rings. The molecule has 0 saturated heterocycles. The monoisotopic (exact) mass is 251 g/mol. The van der Waals surface area contributed by atoms with Crippen molar-refractivity contribution in [2.45, 2.75) is 19.9 Å². The minimum atomic E-state index is -0.119. The Morgan fingerprint density at radius 2 is 2.47 bits per heavy atom. The van der Waals surface area contributed by atoms with Gasteiger partial charge in [-0.25, -0.2) is 4.98 Å². The summed E-state index contributed by atoms with van der Waals surface area (Å²) in [6.07, 6.45) is 3.63. The summed E-state index contributed by atoms with van der Waals surface area (Å²) in [6, 6.07) is 0. The van der Waals surface area contributed by atoms with Crippen LogP contribution in [-0.2, 0) is 17.8 Å². The maximum atomic E-state index is 11.7. The van der Waals surface area contributed by atoms with Crippen LogP contribution in [0.15, 0.2) is 17.8 Å². The van der Waals surface area contributed by atoms with Crippen LogP contribution in [0.2, 0.25) is 0 Å². The molecule has 0 aliphatic rings. The van der Waals surface area contributed by atoms with Crippen molar-refractivity contribution in [2.24, 2.45) is 0 Å². The summed E-state index contributed by atoms with van der Waals surface area (Å²) in [7, 11) is 0. The number of carbonyl (C=O) groups excluding carboxylic acids is 1. The average Bonchev–Trinajstić information content (AvgIpc) is 2.88. The molecule has 0 aliphatic carbocycles. The van der Waals surface area contributed by atoms with Gasteiger partial charge < -0.3 is 11.1 Å². The van der Waals surface area contributed by atoms with Crippen molar-refractivity contribution < 1.29 is 4.79 Å². The van der Waals surface area contributed by atoms with E-state index in [2.05, 4.69) is 15.4 Å². The van der Waals surface area contributed by atoms with Gasteiger partial charge in [0.15, 0.2) is 5.13 Å². The van der Waals surface area contributed by atoms with Gasteiger partial charge in [0.2, 0.25) is 5.91 Å². The molecule has 3 N–H and O–H groups in total. The van der Waals surface area contributed by atoms with E-state index in [1.807, 2.05) is 6.92 Å². The van der Waals surface area contributed by atoms with Gasteiger partial charge in [0, 0.05) is 18.1 Å². The molecule has 2 aromatic rings. The van der Waals surface area contributed by atoms with E-state index in [1.54, 1.807) is 22.5 Å². The number of carbonyl (C=O) groups is 1. The molecular formula is C10H13N5OS. The van der Waals surface area contributed by atoms with Gasteiger partial charge in [0.25, 0.3) is 0 Å². The van der Waals surface area contributed by atoms with Crippen molar-refractivity contribution in [2.75, 3.05) is 11.1 Å². The van der Waals surface area contributed by atoms with Crippen LogP contribution in [0.4, 0.5) is 10.8 Å². The molecule has 0 unspecified atom stereocenters. The first kappa shape index (κ1) is 11.6. The lowest BCUT2D eigenvalue weighted by atomic mass is 10.3. The van der Waals surface area contributed by atoms with Crippen LogP contribution in [0.3, 0.4) is 0 Å². The molecule has 7 heteroatoms. The van der Waals surface area contributed by atoms with Gasteiger partial charge in [-0.3, -0.25) is 9.48 Å². The molecule has 0 saturated carbocycles. The molecule has 0 bridgehead atoms. The highest BCUT2D eigenvalue weighted by molar-refractivity contribution is 7.13. The van der Waals surface area contributed by atoms with E-state index in [0.717, 1.165) is 6.54 Å². The number of aromatic nitrogens is 3. The number of hydrogen-bond donors (Lipinski definition) is 2. The minimum Gasteiger partial charge on any atom is -0.375 e. The van der Waals surface area contributed by atoms with E-state index in [4.69, 9.17) is 5.73 Å². The van der Waals surface area contributed by atoms with Crippen molar-refractivity contribution in [1.82, 2.24) is 14.8 Å². The first-order chi connectivity index (χ1) is 8.17. The Bertz CT molecular complexity index is 518. The summed E-state index contributed by atoms with van der Waals surface area (Å²) in [6.45, 7) is 2.76. The quantitative estimate of drug-likeness (QED) is 0.852. The summed E-state index contributed by atoms with van der Waals surface area (Å²) in [5.74, 6) is -0.119. The number of nitrogens with zero attached hydrogens (tertiary/aromatic N) is 3. The van der Waals surface area contributed by atoms with E-state index in [-0.39, 0.29) is 12.3 Å². The van der Waals surface area contributed by atoms with Crippen LogP contribution in [0.5, 0.6) is 0 Å². The summed E-state index contributed by atoms with van der Waals surface area (Å²) >= 11 is 1.33. The highest BCUT2D eigenvalue weighted by Gasteiger charge is 2.08. The Balaban J connectivity index is 1.93. The van der Waals surface area contributed by atoms with Crippen molar-refractivity contribution >= 4 is 28.1 Å². The standard InChI is InChI=1S/C10H13N5OS/c1-2-15-5-8(4-12-15)13-9(16)3-7-6-17-10(11)14-7/h4-6H,2-3H2,1H3,(H2,11,14)(H,13,16). The molecule has 0 aromatic carbocycles. The van der Waals surface area contributed by atoms with Gasteiger partial charge >= 0.3 is 0 Å². The van der Waals surface area contributed by atoms with Gasteiger partial charge in [-0.05, 0) is 6.92 Å². The molecule has 1 amide bonds. The predicted octanol–water partition coefficient (Wildman–Crippen LogP) is 1.12. The Kier molecular flexibility index (Phi) is 3.38. The number of anilines is 2. The average molecular weight is 251 g/mol. The normalized spacial score (nSPS) is 10.4. The molecule has 2 rings (SSSR count). The fourth-order valence-electron chi connectivity index (χ4n) is 1.37. The highest BCUT2D eigenvalue weighted by Crippen LogP contribution is 2.12. The van der Waals surface area contributed by atoms with E-state index >= 15 is 0 Å². The van der Waals surface area contributed by atoms with Crippen LogP contribution in [-0.4, -0.2) is 20.7 Å². The Morgan fingerprint density at radius 3 is 3.06 bits per heavy atom. The van der Waals surface area contributed by atoms with Crippen molar-refractivity contribution in [3.63, 3.8) is 0 Å². The van der Waals surface area contributed by atoms with Crippen LogP contribution in [0.25, 0.3) is 0 Å². The number of rotatable bonds is 4. The molecule has 2 heterocycles. The third-order valence-electron chi connectivity index (χ3n) is 2.15. The molecule has 0 atom stereocenters. The number of nitrogens with one attached hydrogen (secondary N) is 1. The molecule has 6 nitrogen and oxygen atoms in total. The predicted molar refractivity (Wildman–Crippen MR) is 66.8 cm³/mol. The smallest absolute Gasteiger partial charge is 0.230 e. The van der Waals surface area contributed by atoms with E-state index in [9.17, 15) is 4.79 Å². The molecular weight excluding hydrogens is 238 g/mol. The second-order valence-corrected chi connectivity index (χ2v) is 4.38. The second kappa shape index (κ2) is 4.96. The van der Waals surface area contributed by atoms with E-state index < -0.39 is 0 Å². The maximum absolute atomic E-state index is 11.7. The lowest BCUT2D eigenvalue weighted by Crippen LogP contribution is -2.14. The van der Waals surface area contributed by atoms with Crippen LogP contribution >= 0.6 is 11.3 Å². The fraction of sp³-hybridized carbons (Fsp3) is 0.300. The SMILES string of the molecule is CCn1cc(NC(=O)Cc2csc(N)n2)cn1.